The Labute approximate surface area is 152 Å². The Bertz CT molecular complexity index is 857. The molecule has 3 rings (SSSR count). The van der Waals surface area contributed by atoms with Crippen LogP contribution in [0, 0.1) is 0 Å². The number of rotatable bonds is 6. The number of furan rings is 1. The van der Waals surface area contributed by atoms with Crippen molar-refractivity contribution < 1.29 is 18.5 Å². The highest BCUT2D eigenvalue weighted by atomic mass is 79.9. The first kappa shape index (κ1) is 17.2. The monoisotopic (exact) mass is 405 g/mol. The summed E-state index contributed by atoms with van der Waals surface area (Å²) < 4.78 is 16.2. The predicted octanol–water partition coefficient (Wildman–Crippen LogP) is 3.76. The van der Waals surface area contributed by atoms with E-state index in [0.29, 0.717) is 22.7 Å². The van der Waals surface area contributed by atoms with Crippen LogP contribution in [0.3, 0.4) is 0 Å². The van der Waals surface area contributed by atoms with Gasteiger partial charge in [0.1, 0.15) is 12.3 Å². The number of ether oxygens (including phenoxy) is 1. The predicted molar refractivity (Wildman–Crippen MR) is 93.1 cm³/mol. The van der Waals surface area contributed by atoms with Gasteiger partial charge >= 0.3 is 0 Å². The van der Waals surface area contributed by atoms with Gasteiger partial charge in [0.05, 0.1) is 17.8 Å². The Kier molecular flexibility index (Phi) is 5.18. The number of aromatic nitrogens is 2. The number of hydrogen-bond donors (Lipinski definition) is 0. The highest BCUT2D eigenvalue weighted by Crippen LogP contribution is 2.22. The summed E-state index contributed by atoms with van der Waals surface area (Å²) in [5, 5.41) is 3.97. The largest absolute Gasteiger partial charge is 0.497 e. The second kappa shape index (κ2) is 7.52. The quantitative estimate of drug-likeness (QED) is 0.620. The molecule has 130 valence electrons. The van der Waals surface area contributed by atoms with Gasteiger partial charge in [-0.05, 0) is 53.2 Å². The van der Waals surface area contributed by atoms with E-state index in [2.05, 4.69) is 26.1 Å². The van der Waals surface area contributed by atoms with Crippen LogP contribution < -0.4 is 4.74 Å². The number of hydrogen-bond acceptors (Lipinski definition) is 6. The van der Waals surface area contributed by atoms with Crippen molar-refractivity contribution >= 4 is 21.8 Å². The molecule has 0 fully saturated rings. The van der Waals surface area contributed by atoms with Crippen LogP contribution >= 0.6 is 15.9 Å². The van der Waals surface area contributed by atoms with E-state index in [1.807, 2.05) is 31.2 Å². The van der Waals surface area contributed by atoms with Crippen molar-refractivity contribution in [3.63, 3.8) is 0 Å². The first-order valence-electron chi connectivity index (χ1n) is 7.61. The molecule has 1 aromatic carbocycles. The molecule has 1 amide bonds. The molecule has 25 heavy (non-hydrogen) atoms. The summed E-state index contributed by atoms with van der Waals surface area (Å²) >= 11 is 3.29. The van der Waals surface area contributed by atoms with Gasteiger partial charge in [0.2, 0.25) is 17.5 Å². The number of carbonyl (C=O) groups is 1. The minimum absolute atomic E-state index is 0.200. The number of halogens is 1. The van der Waals surface area contributed by atoms with E-state index in [1.165, 1.54) is 6.26 Å². The second-order valence-electron chi connectivity index (χ2n) is 5.16. The van der Waals surface area contributed by atoms with Crippen LogP contribution in [0.4, 0.5) is 0 Å². The van der Waals surface area contributed by atoms with E-state index in [0.717, 1.165) is 11.3 Å². The third-order valence-electron chi connectivity index (χ3n) is 3.62. The Morgan fingerprint density at radius 3 is 2.64 bits per heavy atom. The van der Waals surface area contributed by atoms with E-state index < -0.39 is 0 Å². The summed E-state index contributed by atoms with van der Waals surface area (Å²) in [6.07, 6.45) is 1.46. The molecule has 7 nitrogen and oxygen atoms in total. The fourth-order valence-corrected chi connectivity index (χ4v) is 2.63. The average Bonchev–Trinajstić information content (AvgIpc) is 3.28. The standard InChI is InChI=1S/C17H16BrN3O4/c1-3-21(17(22)15-13(18)8-9-24-15)10-14-19-16(20-25-14)11-4-6-12(23-2)7-5-11/h4-9H,3,10H2,1-2H3. The van der Waals surface area contributed by atoms with Gasteiger partial charge in [0.25, 0.3) is 5.91 Å². The maximum absolute atomic E-state index is 12.5. The van der Waals surface area contributed by atoms with Crippen LogP contribution in [0.15, 0.2) is 50.0 Å². The van der Waals surface area contributed by atoms with E-state index in [-0.39, 0.29) is 18.2 Å². The van der Waals surface area contributed by atoms with Crippen LogP contribution in [-0.4, -0.2) is 34.6 Å². The molecule has 8 heteroatoms. The van der Waals surface area contributed by atoms with Crippen LogP contribution in [0.1, 0.15) is 23.4 Å². The van der Waals surface area contributed by atoms with Gasteiger partial charge in [-0.2, -0.15) is 4.98 Å². The van der Waals surface area contributed by atoms with Gasteiger partial charge in [-0.25, -0.2) is 0 Å². The molecule has 2 aromatic heterocycles. The van der Waals surface area contributed by atoms with Crippen LogP contribution in [0.25, 0.3) is 11.4 Å². The maximum Gasteiger partial charge on any atom is 0.291 e. The van der Waals surface area contributed by atoms with Gasteiger partial charge in [-0.1, -0.05) is 5.16 Å². The summed E-state index contributed by atoms with van der Waals surface area (Å²) in [6.45, 7) is 2.55. The van der Waals surface area contributed by atoms with Crippen LogP contribution in [0.5, 0.6) is 5.75 Å². The van der Waals surface area contributed by atoms with Gasteiger partial charge in [-0.15, -0.1) is 0 Å². The highest BCUT2D eigenvalue weighted by molar-refractivity contribution is 9.10. The Morgan fingerprint density at radius 2 is 2.04 bits per heavy atom. The number of benzene rings is 1. The molecule has 0 aliphatic rings. The van der Waals surface area contributed by atoms with Crippen molar-refractivity contribution in [3.8, 4) is 17.1 Å². The molecular formula is C17H16BrN3O4. The fourth-order valence-electron chi connectivity index (χ4n) is 2.26. The number of carbonyl (C=O) groups excluding carboxylic acids is 1. The third-order valence-corrected chi connectivity index (χ3v) is 4.25. The highest BCUT2D eigenvalue weighted by Gasteiger charge is 2.22. The van der Waals surface area contributed by atoms with Crippen molar-refractivity contribution in [3.05, 3.63) is 52.7 Å². The van der Waals surface area contributed by atoms with Crippen molar-refractivity contribution in [2.24, 2.45) is 0 Å². The number of methoxy groups -OCH3 is 1. The molecule has 0 saturated heterocycles. The van der Waals surface area contributed by atoms with Crippen molar-refractivity contribution in [1.29, 1.82) is 0 Å². The Balaban J connectivity index is 1.75. The molecule has 0 saturated carbocycles. The van der Waals surface area contributed by atoms with Gasteiger partial charge in [-0.3, -0.25) is 4.79 Å². The lowest BCUT2D eigenvalue weighted by atomic mass is 10.2. The van der Waals surface area contributed by atoms with Crippen molar-refractivity contribution in [1.82, 2.24) is 15.0 Å². The van der Waals surface area contributed by atoms with Gasteiger partial charge in [0, 0.05) is 12.1 Å². The van der Waals surface area contributed by atoms with Gasteiger partial charge in [0.15, 0.2) is 0 Å². The molecule has 2 heterocycles. The Morgan fingerprint density at radius 1 is 1.28 bits per heavy atom. The second-order valence-corrected chi connectivity index (χ2v) is 6.01. The molecule has 0 N–H and O–H groups in total. The van der Waals surface area contributed by atoms with Crippen molar-refractivity contribution in [2.75, 3.05) is 13.7 Å². The third kappa shape index (κ3) is 3.74. The number of amides is 1. The van der Waals surface area contributed by atoms with E-state index in [9.17, 15) is 4.79 Å². The normalized spacial score (nSPS) is 10.7. The fraction of sp³-hybridized carbons (Fsp3) is 0.235. The summed E-state index contributed by atoms with van der Waals surface area (Å²) in [5.41, 5.74) is 0.805. The molecule has 0 atom stereocenters. The smallest absolute Gasteiger partial charge is 0.291 e. The first-order chi connectivity index (χ1) is 12.1. The van der Waals surface area contributed by atoms with Gasteiger partial charge < -0.3 is 18.6 Å². The molecule has 0 spiro atoms. The molecule has 0 unspecified atom stereocenters. The summed E-state index contributed by atoms with van der Waals surface area (Å²) in [5.74, 6) is 1.56. The minimum Gasteiger partial charge on any atom is -0.497 e. The van der Waals surface area contributed by atoms with Crippen molar-refractivity contribution in [2.45, 2.75) is 13.5 Å². The lowest BCUT2D eigenvalue weighted by Gasteiger charge is -2.17. The molecular weight excluding hydrogens is 390 g/mol. The zero-order valence-electron chi connectivity index (χ0n) is 13.7. The summed E-state index contributed by atoms with van der Waals surface area (Å²) in [7, 11) is 1.61. The zero-order chi connectivity index (χ0) is 17.8. The summed E-state index contributed by atoms with van der Waals surface area (Å²) in [6, 6.07) is 9.01. The number of nitrogens with zero attached hydrogens (tertiary/aromatic N) is 3. The average molecular weight is 406 g/mol. The maximum atomic E-state index is 12.5. The molecule has 0 bridgehead atoms. The van der Waals surface area contributed by atoms with E-state index >= 15 is 0 Å². The summed E-state index contributed by atoms with van der Waals surface area (Å²) in [4.78, 5) is 18.4. The molecule has 0 radical (unpaired) electrons. The zero-order valence-corrected chi connectivity index (χ0v) is 15.3. The SMILES string of the molecule is CCN(Cc1nc(-c2ccc(OC)cc2)no1)C(=O)c1occc1Br. The lowest BCUT2D eigenvalue weighted by molar-refractivity contribution is 0.0701. The lowest BCUT2D eigenvalue weighted by Crippen LogP contribution is -2.30. The topological polar surface area (TPSA) is 81.6 Å². The molecule has 0 aliphatic heterocycles. The first-order valence-corrected chi connectivity index (χ1v) is 8.41. The minimum atomic E-state index is -0.247. The van der Waals surface area contributed by atoms with Crippen LogP contribution in [0.2, 0.25) is 0 Å². The Hall–Kier alpha value is -2.61. The van der Waals surface area contributed by atoms with Crippen LogP contribution in [-0.2, 0) is 6.54 Å². The molecule has 0 aliphatic carbocycles. The molecule has 3 aromatic rings. The van der Waals surface area contributed by atoms with E-state index in [1.54, 1.807) is 18.1 Å². The van der Waals surface area contributed by atoms with E-state index in [4.69, 9.17) is 13.7 Å².